The Morgan fingerprint density at radius 2 is 2.29 bits per heavy atom. The Morgan fingerprint density at radius 3 is 3.07 bits per heavy atom. The number of hydrogen-bond donors (Lipinski definition) is 1. The van der Waals surface area contributed by atoms with Crippen molar-refractivity contribution in [2.75, 3.05) is 6.54 Å². The molecule has 14 heavy (non-hydrogen) atoms. The highest BCUT2D eigenvalue weighted by Gasteiger charge is 2.22. The van der Waals surface area contributed by atoms with Crippen molar-refractivity contribution in [3.8, 4) is 0 Å². The summed E-state index contributed by atoms with van der Waals surface area (Å²) in [5, 5.41) is 3.64. The van der Waals surface area contributed by atoms with E-state index in [-0.39, 0.29) is 11.8 Å². The van der Waals surface area contributed by atoms with Gasteiger partial charge in [0.25, 0.3) is 0 Å². The fourth-order valence-corrected chi connectivity index (χ4v) is 2.13. The minimum atomic E-state index is -0.0915. The van der Waals surface area contributed by atoms with Crippen molar-refractivity contribution < 1.29 is 4.79 Å². The Kier molecular flexibility index (Phi) is 2.46. The van der Waals surface area contributed by atoms with E-state index in [9.17, 15) is 4.79 Å². The number of carbonyl (C=O) groups is 1. The van der Waals surface area contributed by atoms with Gasteiger partial charge in [-0.05, 0) is 30.5 Å². The molecule has 0 fully saturated rings. The third-order valence-corrected chi connectivity index (χ3v) is 3.04. The Bertz CT molecular complexity index is 376. The monoisotopic (exact) mass is 209 g/mol. The summed E-state index contributed by atoms with van der Waals surface area (Å²) in [6.07, 6.45) is 0.824. The molecule has 1 unspecified atom stereocenters. The molecule has 2 nitrogen and oxygen atoms in total. The second-order valence-electron chi connectivity index (χ2n) is 3.57. The lowest BCUT2D eigenvalue weighted by Gasteiger charge is -2.11. The van der Waals surface area contributed by atoms with E-state index in [1.807, 2.05) is 25.1 Å². The van der Waals surface area contributed by atoms with Crippen molar-refractivity contribution in [3.63, 3.8) is 0 Å². The van der Waals surface area contributed by atoms with Gasteiger partial charge in [-0.3, -0.25) is 4.79 Å². The number of hydrogen-bond acceptors (Lipinski definition) is 1. The molecule has 1 heterocycles. The van der Waals surface area contributed by atoms with Crippen LogP contribution in [0.1, 0.15) is 24.0 Å². The van der Waals surface area contributed by atoms with E-state index in [0.717, 1.165) is 22.6 Å². The summed E-state index contributed by atoms with van der Waals surface area (Å²) >= 11 is 6.09. The van der Waals surface area contributed by atoms with E-state index in [1.54, 1.807) is 0 Å². The molecule has 2 rings (SSSR count). The third-order valence-electron chi connectivity index (χ3n) is 2.69. The van der Waals surface area contributed by atoms with Gasteiger partial charge in [-0.2, -0.15) is 0 Å². The molecule has 1 atom stereocenters. The Hall–Kier alpha value is -1.02. The molecule has 1 amide bonds. The van der Waals surface area contributed by atoms with Crippen molar-refractivity contribution in [2.24, 2.45) is 0 Å². The van der Waals surface area contributed by atoms with Crippen LogP contribution in [0, 0.1) is 0 Å². The molecule has 0 saturated carbocycles. The molecule has 0 saturated heterocycles. The summed E-state index contributed by atoms with van der Waals surface area (Å²) in [6, 6.07) is 5.76. The van der Waals surface area contributed by atoms with Crippen LogP contribution in [0.2, 0.25) is 5.02 Å². The molecule has 1 aromatic rings. The number of amides is 1. The highest BCUT2D eigenvalue weighted by molar-refractivity contribution is 6.31. The predicted molar refractivity (Wildman–Crippen MR) is 56.6 cm³/mol. The first-order valence-corrected chi connectivity index (χ1v) is 5.13. The summed E-state index contributed by atoms with van der Waals surface area (Å²) < 4.78 is 0. The molecule has 0 aromatic heterocycles. The molecular formula is C11H12ClNO. The van der Waals surface area contributed by atoms with Crippen LogP contribution >= 0.6 is 11.6 Å². The molecule has 0 aliphatic carbocycles. The molecule has 1 N–H and O–H groups in total. The molecule has 1 aliphatic heterocycles. The summed E-state index contributed by atoms with van der Waals surface area (Å²) in [5.41, 5.74) is 2.17. The van der Waals surface area contributed by atoms with Crippen molar-refractivity contribution in [2.45, 2.75) is 19.3 Å². The molecule has 3 heteroatoms. The summed E-state index contributed by atoms with van der Waals surface area (Å²) in [7, 11) is 0. The van der Waals surface area contributed by atoms with Crippen molar-refractivity contribution >= 4 is 17.5 Å². The lowest BCUT2D eigenvalue weighted by atomic mass is 9.95. The topological polar surface area (TPSA) is 29.1 Å². The van der Waals surface area contributed by atoms with Crippen molar-refractivity contribution in [1.29, 1.82) is 0 Å². The molecule has 1 aliphatic rings. The van der Waals surface area contributed by atoms with E-state index in [0.29, 0.717) is 6.54 Å². The van der Waals surface area contributed by atoms with Crippen molar-refractivity contribution in [1.82, 2.24) is 5.32 Å². The van der Waals surface area contributed by atoms with Crippen LogP contribution in [-0.2, 0) is 11.2 Å². The summed E-state index contributed by atoms with van der Waals surface area (Å²) in [5.74, 6) is -0.00258. The van der Waals surface area contributed by atoms with E-state index in [1.165, 1.54) is 0 Å². The second-order valence-corrected chi connectivity index (χ2v) is 3.98. The first kappa shape index (κ1) is 9.53. The minimum absolute atomic E-state index is 0.0889. The van der Waals surface area contributed by atoms with Gasteiger partial charge >= 0.3 is 0 Å². The van der Waals surface area contributed by atoms with Gasteiger partial charge in [-0.1, -0.05) is 23.7 Å². The molecule has 0 radical (unpaired) electrons. The van der Waals surface area contributed by atoms with Gasteiger partial charge in [-0.15, -0.1) is 0 Å². The van der Waals surface area contributed by atoms with Crippen LogP contribution in [0.15, 0.2) is 18.2 Å². The second kappa shape index (κ2) is 3.62. The largest absolute Gasteiger partial charge is 0.355 e. The molecular weight excluding hydrogens is 198 g/mol. The van der Waals surface area contributed by atoms with Crippen LogP contribution in [-0.4, -0.2) is 12.5 Å². The van der Waals surface area contributed by atoms with Gasteiger partial charge in [0.05, 0.1) is 5.92 Å². The molecule has 0 bridgehead atoms. The zero-order chi connectivity index (χ0) is 10.1. The van der Waals surface area contributed by atoms with E-state index in [4.69, 9.17) is 11.6 Å². The van der Waals surface area contributed by atoms with E-state index >= 15 is 0 Å². The third kappa shape index (κ3) is 1.50. The summed E-state index contributed by atoms with van der Waals surface area (Å²) in [6.45, 7) is 2.59. The standard InChI is InChI=1S/C11H12ClNO/c1-7-8-3-2-4-10(12)9(8)5-6-13-11(7)14/h2-4,7H,5-6H2,1H3,(H,13,14). The predicted octanol–water partition coefficient (Wildman–Crippen LogP) is 2.12. The van der Waals surface area contributed by atoms with Gasteiger partial charge in [0.1, 0.15) is 0 Å². The van der Waals surface area contributed by atoms with Gasteiger partial charge in [0.15, 0.2) is 0 Å². The highest BCUT2D eigenvalue weighted by atomic mass is 35.5. The first-order chi connectivity index (χ1) is 6.70. The van der Waals surface area contributed by atoms with Crippen molar-refractivity contribution in [3.05, 3.63) is 34.3 Å². The van der Waals surface area contributed by atoms with Crippen LogP contribution in [0.25, 0.3) is 0 Å². The maximum Gasteiger partial charge on any atom is 0.227 e. The van der Waals surface area contributed by atoms with Gasteiger partial charge in [0.2, 0.25) is 5.91 Å². The maximum absolute atomic E-state index is 11.5. The number of carbonyl (C=O) groups excluding carboxylic acids is 1. The summed E-state index contributed by atoms with van der Waals surface area (Å²) in [4.78, 5) is 11.5. The number of rotatable bonds is 0. The quantitative estimate of drug-likeness (QED) is 0.697. The SMILES string of the molecule is CC1C(=O)NCCc2c(Cl)cccc21. The zero-order valence-corrected chi connectivity index (χ0v) is 8.77. The molecule has 1 aromatic carbocycles. The fourth-order valence-electron chi connectivity index (χ4n) is 1.85. The van der Waals surface area contributed by atoms with Gasteiger partial charge in [0, 0.05) is 11.6 Å². The van der Waals surface area contributed by atoms with Crippen LogP contribution in [0.3, 0.4) is 0 Å². The number of fused-ring (bicyclic) bond motifs is 1. The zero-order valence-electron chi connectivity index (χ0n) is 8.01. The number of benzene rings is 1. The average Bonchev–Trinajstić information content (AvgIpc) is 2.31. The van der Waals surface area contributed by atoms with E-state index in [2.05, 4.69) is 5.32 Å². The number of halogens is 1. The number of nitrogens with one attached hydrogen (secondary N) is 1. The van der Waals surface area contributed by atoms with E-state index < -0.39 is 0 Å². The minimum Gasteiger partial charge on any atom is -0.355 e. The smallest absolute Gasteiger partial charge is 0.227 e. The Labute approximate surface area is 88.3 Å². The molecule has 74 valence electrons. The van der Waals surface area contributed by atoms with Gasteiger partial charge < -0.3 is 5.32 Å². The average molecular weight is 210 g/mol. The van der Waals surface area contributed by atoms with Crippen LogP contribution in [0.4, 0.5) is 0 Å². The molecule has 0 spiro atoms. The Balaban J connectivity index is 2.53. The Morgan fingerprint density at radius 1 is 1.50 bits per heavy atom. The van der Waals surface area contributed by atoms with Crippen LogP contribution < -0.4 is 5.32 Å². The lowest BCUT2D eigenvalue weighted by molar-refractivity contribution is -0.121. The van der Waals surface area contributed by atoms with Gasteiger partial charge in [-0.25, -0.2) is 0 Å². The maximum atomic E-state index is 11.5. The highest BCUT2D eigenvalue weighted by Crippen LogP contribution is 2.28. The normalized spacial score (nSPS) is 21.0. The fraction of sp³-hybridized carbons (Fsp3) is 0.364. The lowest BCUT2D eigenvalue weighted by Crippen LogP contribution is -2.26. The first-order valence-electron chi connectivity index (χ1n) is 4.75. The van der Waals surface area contributed by atoms with Crippen LogP contribution in [0.5, 0.6) is 0 Å².